The molecule has 0 aliphatic carbocycles. The van der Waals surface area contributed by atoms with Gasteiger partial charge in [-0.25, -0.2) is 4.79 Å². The standard InChI is InChI=1S/C12H13NO5/c1-3-18-12(15)10(13-16)11(14)8-5-4-6-9(7-8)17-2/h4-7,16H,3H2,1-2H3/b13-10-. The van der Waals surface area contributed by atoms with E-state index < -0.39 is 17.5 Å². The molecular formula is C12H13NO5. The second-order valence-electron chi connectivity index (χ2n) is 3.23. The van der Waals surface area contributed by atoms with Crippen LogP contribution in [-0.2, 0) is 9.53 Å². The summed E-state index contributed by atoms with van der Waals surface area (Å²) in [5.74, 6) is -1.23. The highest BCUT2D eigenvalue weighted by atomic mass is 16.5. The molecule has 96 valence electrons. The second kappa shape index (κ2) is 6.39. The molecule has 18 heavy (non-hydrogen) atoms. The molecule has 0 bridgehead atoms. The first kappa shape index (κ1) is 13.7. The Morgan fingerprint density at radius 2 is 2.11 bits per heavy atom. The minimum atomic E-state index is -0.965. The number of rotatable bonds is 5. The molecule has 0 aliphatic rings. The number of esters is 1. The quantitative estimate of drug-likeness (QED) is 0.213. The van der Waals surface area contributed by atoms with Crippen LogP contribution in [0.2, 0.25) is 0 Å². The van der Waals surface area contributed by atoms with Crippen molar-refractivity contribution < 1.29 is 24.3 Å². The van der Waals surface area contributed by atoms with Gasteiger partial charge in [0.2, 0.25) is 11.5 Å². The molecule has 1 rings (SSSR count). The predicted octanol–water partition coefficient (Wildman–Crippen LogP) is 1.27. The van der Waals surface area contributed by atoms with Crippen LogP contribution in [0.5, 0.6) is 5.75 Å². The Morgan fingerprint density at radius 1 is 1.39 bits per heavy atom. The number of methoxy groups -OCH3 is 1. The molecule has 6 nitrogen and oxygen atoms in total. The van der Waals surface area contributed by atoms with Crippen LogP contribution in [0.1, 0.15) is 17.3 Å². The van der Waals surface area contributed by atoms with Gasteiger partial charge < -0.3 is 14.7 Å². The summed E-state index contributed by atoms with van der Waals surface area (Å²) < 4.78 is 9.57. The average Bonchev–Trinajstić information content (AvgIpc) is 2.40. The van der Waals surface area contributed by atoms with Crippen LogP contribution < -0.4 is 4.74 Å². The lowest BCUT2D eigenvalue weighted by Gasteiger charge is -2.05. The van der Waals surface area contributed by atoms with Gasteiger partial charge in [0.05, 0.1) is 13.7 Å². The monoisotopic (exact) mass is 251 g/mol. The number of hydrogen-bond donors (Lipinski definition) is 1. The zero-order valence-corrected chi connectivity index (χ0v) is 10.0. The zero-order valence-electron chi connectivity index (χ0n) is 10.0. The summed E-state index contributed by atoms with van der Waals surface area (Å²) >= 11 is 0. The van der Waals surface area contributed by atoms with Gasteiger partial charge in [0, 0.05) is 5.56 Å². The number of hydrogen-bond acceptors (Lipinski definition) is 6. The van der Waals surface area contributed by atoms with E-state index in [4.69, 9.17) is 9.94 Å². The van der Waals surface area contributed by atoms with Gasteiger partial charge in [0.15, 0.2) is 0 Å². The maximum atomic E-state index is 11.9. The smallest absolute Gasteiger partial charge is 0.364 e. The van der Waals surface area contributed by atoms with E-state index >= 15 is 0 Å². The van der Waals surface area contributed by atoms with Crippen molar-refractivity contribution in [2.24, 2.45) is 5.16 Å². The fourth-order valence-electron chi connectivity index (χ4n) is 1.28. The Hall–Kier alpha value is -2.37. The van der Waals surface area contributed by atoms with E-state index in [9.17, 15) is 9.59 Å². The highest BCUT2D eigenvalue weighted by Crippen LogP contribution is 2.13. The van der Waals surface area contributed by atoms with Gasteiger partial charge >= 0.3 is 5.97 Å². The number of benzene rings is 1. The summed E-state index contributed by atoms with van der Waals surface area (Å²) in [7, 11) is 1.45. The van der Waals surface area contributed by atoms with Crippen molar-refractivity contribution in [1.29, 1.82) is 0 Å². The summed E-state index contributed by atoms with van der Waals surface area (Å²) in [6, 6.07) is 6.16. The van der Waals surface area contributed by atoms with Crippen molar-refractivity contribution in [2.45, 2.75) is 6.92 Å². The van der Waals surface area contributed by atoms with Crippen molar-refractivity contribution in [3.63, 3.8) is 0 Å². The lowest BCUT2D eigenvalue weighted by atomic mass is 10.1. The lowest BCUT2D eigenvalue weighted by Crippen LogP contribution is -2.26. The van der Waals surface area contributed by atoms with Crippen molar-refractivity contribution in [2.75, 3.05) is 13.7 Å². The number of nitrogens with zero attached hydrogens (tertiary/aromatic N) is 1. The number of oxime groups is 1. The molecule has 0 unspecified atom stereocenters. The van der Waals surface area contributed by atoms with Gasteiger partial charge in [-0.2, -0.15) is 0 Å². The SMILES string of the molecule is CCOC(=O)/C(=N\O)C(=O)c1cccc(OC)c1. The third-order valence-corrected chi connectivity index (χ3v) is 2.12. The number of ketones is 1. The van der Waals surface area contributed by atoms with Gasteiger partial charge in [-0.3, -0.25) is 4.79 Å². The highest BCUT2D eigenvalue weighted by molar-refractivity contribution is 6.67. The molecule has 0 saturated heterocycles. The molecule has 0 amide bonds. The first-order valence-corrected chi connectivity index (χ1v) is 5.22. The Kier molecular flexibility index (Phi) is 4.86. The maximum absolute atomic E-state index is 11.9. The fraction of sp³-hybridized carbons (Fsp3) is 0.250. The fourth-order valence-corrected chi connectivity index (χ4v) is 1.28. The van der Waals surface area contributed by atoms with Crippen LogP contribution in [0.15, 0.2) is 29.4 Å². The van der Waals surface area contributed by atoms with Gasteiger partial charge in [-0.15, -0.1) is 0 Å². The number of carbonyl (C=O) groups is 2. The Balaban J connectivity index is 3.00. The van der Waals surface area contributed by atoms with Crippen LogP contribution in [0, 0.1) is 0 Å². The number of Topliss-reactive ketones (excluding diaryl/α,β-unsaturated/α-hetero) is 1. The predicted molar refractivity (Wildman–Crippen MR) is 63.2 cm³/mol. The van der Waals surface area contributed by atoms with Crippen molar-refractivity contribution in [1.82, 2.24) is 0 Å². The molecule has 0 spiro atoms. The van der Waals surface area contributed by atoms with E-state index in [1.165, 1.54) is 19.2 Å². The third-order valence-electron chi connectivity index (χ3n) is 2.12. The first-order valence-electron chi connectivity index (χ1n) is 5.22. The normalized spacial score (nSPS) is 10.9. The van der Waals surface area contributed by atoms with E-state index in [0.29, 0.717) is 5.75 Å². The van der Waals surface area contributed by atoms with Crippen LogP contribution in [0.25, 0.3) is 0 Å². The Labute approximate surface area is 104 Å². The number of ether oxygens (including phenoxy) is 2. The molecule has 0 radical (unpaired) electrons. The van der Waals surface area contributed by atoms with E-state index in [1.807, 2.05) is 0 Å². The van der Waals surface area contributed by atoms with Crippen LogP contribution >= 0.6 is 0 Å². The minimum absolute atomic E-state index is 0.0866. The molecule has 0 aliphatic heterocycles. The Morgan fingerprint density at radius 3 is 2.67 bits per heavy atom. The maximum Gasteiger partial charge on any atom is 0.364 e. The van der Waals surface area contributed by atoms with E-state index in [1.54, 1.807) is 19.1 Å². The van der Waals surface area contributed by atoms with Crippen LogP contribution in [-0.4, -0.2) is 36.4 Å². The highest BCUT2D eigenvalue weighted by Gasteiger charge is 2.24. The summed E-state index contributed by atoms with van der Waals surface area (Å²) in [5, 5.41) is 11.4. The molecule has 0 heterocycles. The van der Waals surface area contributed by atoms with Gasteiger partial charge in [0.1, 0.15) is 5.75 Å². The third kappa shape index (κ3) is 3.07. The summed E-state index contributed by atoms with van der Waals surface area (Å²) in [5.41, 5.74) is -0.486. The molecule has 0 fully saturated rings. The molecule has 1 aromatic rings. The zero-order chi connectivity index (χ0) is 13.5. The van der Waals surface area contributed by atoms with Crippen molar-refractivity contribution in [3.05, 3.63) is 29.8 Å². The van der Waals surface area contributed by atoms with Crippen LogP contribution in [0.4, 0.5) is 0 Å². The van der Waals surface area contributed by atoms with Crippen molar-refractivity contribution in [3.8, 4) is 5.75 Å². The van der Waals surface area contributed by atoms with Gasteiger partial charge in [-0.1, -0.05) is 17.3 Å². The average molecular weight is 251 g/mol. The molecule has 0 atom stereocenters. The van der Waals surface area contributed by atoms with Gasteiger partial charge in [0.25, 0.3) is 0 Å². The molecule has 1 aromatic carbocycles. The first-order chi connectivity index (χ1) is 8.63. The van der Waals surface area contributed by atoms with Crippen LogP contribution in [0.3, 0.4) is 0 Å². The Bertz CT molecular complexity index is 481. The summed E-state index contributed by atoms with van der Waals surface area (Å²) in [6.45, 7) is 1.67. The van der Waals surface area contributed by atoms with E-state index in [0.717, 1.165) is 0 Å². The molecule has 1 N–H and O–H groups in total. The topological polar surface area (TPSA) is 85.2 Å². The molecule has 0 saturated carbocycles. The molecule has 0 aromatic heterocycles. The van der Waals surface area contributed by atoms with Crippen molar-refractivity contribution >= 4 is 17.5 Å². The van der Waals surface area contributed by atoms with E-state index in [2.05, 4.69) is 9.89 Å². The second-order valence-corrected chi connectivity index (χ2v) is 3.23. The summed E-state index contributed by atoms with van der Waals surface area (Å²) in [4.78, 5) is 23.3. The van der Waals surface area contributed by atoms with E-state index in [-0.39, 0.29) is 12.2 Å². The minimum Gasteiger partial charge on any atom is -0.497 e. The molecular weight excluding hydrogens is 238 g/mol. The largest absolute Gasteiger partial charge is 0.497 e. The number of carbonyl (C=O) groups excluding carboxylic acids is 2. The van der Waals surface area contributed by atoms with Gasteiger partial charge in [-0.05, 0) is 19.1 Å². The molecule has 6 heteroatoms. The lowest BCUT2D eigenvalue weighted by molar-refractivity contribution is -0.135. The summed E-state index contributed by atoms with van der Waals surface area (Å²) in [6.07, 6.45) is 0.